The Morgan fingerprint density at radius 1 is 0.955 bits per heavy atom. The molecule has 0 spiro atoms. The molecule has 0 radical (unpaired) electrons. The molecular formula is C14H6Cl2N2O4. The van der Waals surface area contributed by atoms with Gasteiger partial charge in [-0.1, -0.05) is 23.2 Å². The lowest BCUT2D eigenvalue weighted by Gasteiger charge is -2.15. The third-order valence-corrected chi connectivity index (χ3v) is 3.77. The molecule has 0 aromatic heterocycles. The first-order valence-corrected chi connectivity index (χ1v) is 6.78. The zero-order chi connectivity index (χ0) is 16.0. The van der Waals surface area contributed by atoms with Gasteiger partial charge in [-0.3, -0.25) is 19.7 Å². The van der Waals surface area contributed by atoms with Gasteiger partial charge in [-0.25, -0.2) is 4.90 Å². The number of nitro benzene ring substituents is 1. The summed E-state index contributed by atoms with van der Waals surface area (Å²) >= 11 is 11.8. The van der Waals surface area contributed by atoms with Crippen molar-refractivity contribution in [1.82, 2.24) is 0 Å². The number of fused-ring (bicyclic) bond motifs is 1. The highest BCUT2D eigenvalue weighted by Crippen LogP contribution is 2.35. The Morgan fingerprint density at radius 3 is 2.27 bits per heavy atom. The van der Waals surface area contributed by atoms with Gasteiger partial charge in [-0.05, 0) is 24.3 Å². The van der Waals surface area contributed by atoms with E-state index in [4.69, 9.17) is 23.2 Å². The van der Waals surface area contributed by atoms with E-state index >= 15 is 0 Å². The maximum atomic E-state index is 12.4. The first-order valence-electron chi connectivity index (χ1n) is 6.02. The highest BCUT2D eigenvalue weighted by Gasteiger charge is 2.38. The van der Waals surface area contributed by atoms with Gasteiger partial charge >= 0.3 is 0 Å². The zero-order valence-corrected chi connectivity index (χ0v) is 12.3. The third kappa shape index (κ3) is 2.13. The lowest BCUT2D eigenvalue weighted by molar-refractivity contribution is -0.384. The fourth-order valence-corrected chi connectivity index (χ4v) is 2.65. The second kappa shape index (κ2) is 5.08. The Kier molecular flexibility index (Phi) is 3.35. The smallest absolute Gasteiger partial charge is 0.268 e. The number of hydrogen-bond donors (Lipinski definition) is 0. The molecule has 0 N–H and O–H groups in total. The predicted octanol–water partition coefficient (Wildman–Crippen LogP) is 3.70. The monoisotopic (exact) mass is 336 g/mol. The minimum Gasteiger partial charge on any atom is -0.268 e. The van der Waals surface area contributed by atoms with Crippen molar-refractivity contribution in [2.24, 2.45) is 0 Å². The van der Waals surface area contributed by atoms with Crippen LogP contribution in [0, 0.1) is 10.1 Å². The largest absolute Gasteiger partial charge is 0.271 e. The number of nitrogens with zero attached hydrogens (tertiary/aromatic N) is 2. The molecule has 3 rings (SSSR count). The summed E-state index contributed by atoms with van der Waals surface area (Å²) in [4.78, 5) is 35.7. The summed E-state index contributed by atoms with van der Waals surface area (Å²) in [5, 5.41) is 11.0. The summed E-state index contributed by atoms with van der Waals surface area (Å²) in [5.74, 6) is -1.12. The van der Waals surface area contributed by atoms with E-state index in [0.29, 0.717) is 5.02 Å². The van der Waals surface area contributed by atoms with Crippen LogP contribution >= 0.6 is 23.2 Å². The number of halogens is 2. The molecule has 1 aliphatic rings. The molecule has 2 aromatic rings. The van der Waals surface area contributed by atoms with Crippen molar-refractivity contribution in [3.05, 3.63) is 67.7 Å². The summed E-state index contributed by atoms with van der Waals surface area (Å²) in [6.45, 7) is 0. The second-order valence-corrected chi connectivity index (χ2v) is 5.37. The summed E-state index contributed by atoms with van der Waals surface area (Å²) in [6, 6.07) is 7.90. The quantitative estimate of drug-likeness (QED) is 0.475. The van der Waals surface area contributed by atoms with Crippen LogP contribution in [0.25, 0.3) is 0 Å². The number of amides is 2. The highest BCUT2D eigenvalue weighted by molar-refractivity contribution is 6.40. The molecule has 2 amide bonds. The topological polar surface area (TPSA) is 80.5 Å². The van der Waals surface area contributed by atoms with Crippen LogP contribution in [-0.4, -0.2) is 16.7 Å². The lowest BCUT2D eigenvalue weighted by atomic mass is 10.1. The molecule has 6 nitrogen and oxygen atoms in total. The van der Waals surface area contributed by atoms with Gasteiger partial charge in [0, 0.05) is 17.2 Å². The third-order valence-electron chi connectivity index (χ3n) is 3.23. The second-order valence-electron chi connectivity index (χ2n) is 4.53. The number of anilines is 1. The molecule has 0 saturated heterocycles. The molecule has 1 aliphatic heterocycles. The molecular weight excluding hydrogens is 331 g/mol. The van der Waals surface area contributed by atoms with E-state index in [1.54, 1.807) is 0 Å². The van der Waals surface area contributed by atoms with Crippen molar-refractivity contribution < 1.29 is 14.5 Å². The summed E-state index contributed by atoms with van der Waals surface area (Å²) in [7, 11) is 0. The molecule has 1 heterocycles. The molecule has 0 saturated carbocycles. The van der Waals surface area contributed by atoms with Crippen molar-refractivity contribution >= 4 is 46.4 Å². The Bertz CT molecular complexity index is 851. The van der Waals surface area contributed by atoms with Gasteiger partial charge in [-0.2, -0.15) is 0 Å². The van der Waals surface area contributed by atoms with Gasteiger partial charge < -0.3 is 0 Å². The number of carbonyl (C=O) groups excluding carboxylic acids is 2. The Morgan fingerprint density at radius 2 is 1.64 bits per heavy atom. The molecule has 0 unspecified atom stereocenters. The van der Waals surface area contributed by atoms with E-state index < -0.39 is 16.7 Å². The number of benzene rings is 2. The van der Waals surface area contributed by atoms with Crippen LogP contribution < -0.4 is 4.90 Å². The van der Waals surface area contributed by atoms with Gasteiger partial charge in [-0.15, -0.1) is 0 Å². The van der Waals surface area contributed by atoms with Gasteiger partial charge in [0.05, 0.1) is 26.8 Å². The highest BCUT2D eigenvalue weighted by atomic mass is 35.5. The fraction of sp³-hybridized carbons (Fsp3) is 0. The number of non-ortho nitro benzene ring substituents is 1. The van der Waals surface area contributed by atoms with E-state index in [2.05, 4.69) is 0 Å². The maximum absolute atomic E-state index is 12.4. The Hall–Kier alpha value is -2.44. The minimum atomic E-state index is -0.613. The minimum absolute atomic E-state index is 0.0604. The molecule has 2 aromatic carbocycles. The average molecular weight is 337 g/mol. The first-order chi connectivity index (χ1) is 10.4. The van der Waals surface area contributed by atoms with Crippen LogP contribution in [-0.2, 0) is 0 Å². The van der Waals surface area contributed by atoms with Crippen molar-refractivity contribution in [2.45, 2.75) is 0 Å². The van der Waals surface area contributed by atoms with Crippen LogP contribution in [0.4, 0.5) is 11.4 Å². The van der Waals surface area contributed by atoms with Gasteiger partial charge in [0.25, 0.3) is 17.5 Å². The van der Waals surface area contributed by atoms with E-state index in [1.165, 1.54) is 30.3 Å². The summed E-state index contributed by atoms with van der Waals surface area (Å²) in [6.07, 6.45) is 0. The fourth-order valence-electron chi connectivity index (χ4n) is 2.22. The molecule has 0 bridgehead atoms. The van der Waals surface area contributed by atoms with Gasteiger partial charge in [0.1, 0.15) is 0 Å². The van der Waals surface area contributed by atoms with Crippen LogP contribution in [0.3, 0.4) is 0 Å². The van der Waals surface area contributed by atoms with Crippen molar-refractivity contribution in [2.75, 3.05) is 4.90 Å². The Labute approximate surface area is 134 Å². The molecule has 22 heavy (non-hydrogen) atoms. The van der Waals surface area contributed by atoms with Crippen molar-refractivity contribution in [1.29, 1.82) is 0 Å². The number of carbonyl (C=O) groups is 2. The maximum Gasteiger partial charge on any atom is 0.271 e. The van der Waals surface area contributed by atoms with Crippen molar-refractivity contribution in [3.63, 3.8) is 0 Å². The molecule has 0 aliphatic carbocycles. The molecule has 8 heteroatoms. The average Bonchev–Trinajstić information content (AvgIpc) is 2.71. The van der Waals surface area contributed by atoms with E-state index in [9.17, 15) is 19.7 Å². The summed E-state index contributed by atoms with van der Waals surface area (Å²) < 4.78 is 0. The number of imide groups is 1. The van der Waals surface area contributed by atoms with E-state index in [0.717, 1.165) is 11.0 Å². The predicted molar refractivity (Wildman–Crippen MR) is 80.7 cm³/mol. The number of hydrogen-bond acceptors (Lipinski definition) is 4. The zero-order valence-electron chi connectivity index (χ0n) is 10.7. The molecule has 110 valence electrons. The standard InChI is InChI=1S/C14H6Cl2N2O4/c15-7-1-3-9-10(5-7)14(20)17(13(9)19)12-4-2-8(18(21)22)6-11(12)16/h1-6H. The number of nitro groups is 1. The van der Waals surface area contributed by atoms with Crippen LogP contribution in [0.2, 0.25) is 10.0 Å². The summed E-state index contributed by atoms with van der Waals surface area (Å²) in [5.41, 5.74) is 0.249. The van der Waals surface area contributed by atoms with Crippen LogP contribution in [0.1, 0.15) is 20.7 Å². The van der Waals surface area contributed by atoms with Crippen molar-refractivity contribution in [3.8, 4) is 0 Å². The Balaban J connectivity index is 2.09. The van der Waals surface area contributed by atoms with E-state index in [-0.39, 0.29) is 27.5 Å². The SMILES string of the molecule is O=C1c2ccc(Cl)cc2C(=O)N1c1ccc([N+](=O)[O-])cc1Cl. The van der Waals surface area contributed by atoms with Gasteiger partial charge in [0.2, 0.25) is 0 Å². The van der Waals surface area contributed by atoms with E-state index in [1.807, 2.05) is 0 Å². The van der Waals surface area contributed by atoms with Gasteiger partial charge in [0.15, 0.2) is 0 Å². The first kappa shape index (κ1) is 14.5. The molecule has 0 fully saturated rings. The molecule has 0 atom stereocenters. The van der Waals surface area contributed by atoms with Crippen LogP contribution in [0.15, 0.2) is 36.4 Å². The normalized spacial score (nSPS) is 13.5. The number of rotatable bonds is 2. The van der Waals surface area contributed by atoms with Crippen LogP contribution in [0.5, 0.6) is 0 Å². The lowest BCUT2D eigenvalue weighted by Crippen LogP contribution is -2.29.